The molecule has 0 saturated carbocycles. The van der Waals surface area contributed by atoms with Crippen LogP contribution in [0.25, 0.3) is 0 Å². The van der Waals surface area contributed by atoms with Crippen molar-refractivity contribution in [2.45, 2.75) is 44.2 Å². The van der Waals surface area contributed by atoms with E-state index in [1.54, 1.807) is 24.3 Å². The predicted molar refractivity (Wildman–Crippen MR) is 89.3 cm³/mol. The fourth-order valence-electron chi connectivity index (χ4n) is 2.37. The summed E-state index contributed by atoms with van der Waals surface area (Å²) < 4.78 is 26.8. The molecule has 0 aliphatic carbocycles. The molecule has 23 heavy (non-hydrogen) atoms. The number of benzene rings is 1. The lowest BCUT2D eigenvalue weighted by Gasteiger charge is -2.12. The lowest BCUT2D eigenvalue weighted by atomic mass is 10.2. The first kappa shape index (κ1) is 17.9. The van der Waals surface area contributed by atoms with Gasteiger partial charge < -0.3 is 10.6 Å². The number of hydrogen-bond acceptors (Lipinski definition) is 4. The summed E-state index contributed by atoms with van der Waals surface area (Å²) in [4.78, 5) is 12.2. The Kier molecular flexibility index (Phi) is 6.15. The van der Waals surface area contributed by atoms with Gasteiger partial charge in [-0.3, -0.25) is 4.79 Å². The van der Waals surface area contributed by atoms with Gasteiger partial charge in [-0.25, -0.2) is 13.1 Å². The summed E-state index contributed by atoms with van der Waals surface area (Å²) in [6.07, 6.45) is 1.89. The lowest BCUT2D eigenvalue weighted by molar-refractivity contribution is -0.122. The number of carbonyl (C=O) groups excluding carboxylic acids is 1. The summed E-state index contributed by atoms with van der Waals surface area (Å²) in [5.74, 6) is 0.251. The van der Waals surface area contributed by atoms with Gasteiger partial charge in [-0.2, -0.15) is 0 Å². The van der Waals surface area contributed by atoms with Gasteiger partial charge in [-0.1, -0.05) is 26.0 Å². The van der Waals surface area contributed by atoms with E-state index in [0.717, 1.165) is 24.9 Å². The smallest absolute Gasteiger partial charge is 0.240 e. The lowest BCUT2D eigenvalue weighted by Crippen LogP contribution is -2.40. The van der Waals surface area contributed by atoms with Gasteiger partial charge in [-0.05, 0) is 43.0 Å². The van der Waals surface area contributed by atoms with Gasteiger partial charge in [0.15, 0.2) is 0 Å². The van der Waals surface area contributed by atoms with Crippen LogP contribution in [-0.4, -0.2) is 33.5 Å². The third kappa shape index (κ3) is 5.30. The molecule has 0 aromatic heterocycles. The van der Waals surface area contributed by atoms with Crippen molar-refractivity contribution in [2.24, 2.45) is 5.92 Å². The molecule has 1 fully saturated rings. The van der Waals surface area contributed by atoms with Gasteiger partial charge in [0.05, 0.1) is 10.9 Å². The fraction of sp³-hybridized carbons (Fsp3) is 0.562. The van der Waals surface area contributed by atoms with Crippen LogP contribution in [0.15, 0.2) is 29.2 Å². The molecule has 1 aromatic rings. The SMILES string of the molecule is CC(C)CNS(=O)(=O)c1ccc(CNC(=O)C2CCCN2)cc1. The third-order valence-electron chi connectivity index (χ3n) is 3.76. The van der Waals surface area contributed by atoms with E-state index in [1.165, 1.54) is 0 Å². The quantitative estimate of drug-likeness (QED) is 0.691. The monoisotopic (exact) mass is 339 g/mol. The molecule has 1 aromatic carbocycles. The van der Waals surface area contributed by atoms with Gasteiger partial charge in [0.25, 0.3) is 0 Å². The molecule has 0 spiro atoms. The first-order chi connectivity index (χ1) is 10.9. The van der Waals surface area contributed by atoms with E-state index in [4.69, 9.17) is 0 Å². The van der Waals surface area contributed by atoms with Crippen molar-refractivity contribution in [3.8, 4) is 0 Å². The van der Waals surface area contributed by atoms with Crippen LogP contribution in [0.2, 0.25) is 0 Å². The molecule has 7 heteroatoms. The van der Waals surface area contributed by atoms with Crippen LogP contribution in [-0.2, 0) is 21.4 Å². The molecule has 1 aliphatic heterocycles. The molecule has 3 N–H and O–H groups in total. The predicted octanol–water partition coefficient (Wildman–Crippen LogP) is 0.989. The zero-order valence-electron chi connectivity index (χ0n) is 13.6. The molecule has 1 amide bonds. The normalized spacial score (nSPS) is 18.3. The van der Waals surface area contributed by atoms with Crippen LogP contribution in [0.4, 0.5) is 0 Å². The van der Waals surface area contributed by atoms with Crippen molar-refractivity contribution in [3.63, 3.8) is 0 Å². The maximum atomic E-state index is 12.1. The fourth-order valence-corrected chi connectivity index (χ4v) is 3.58. The average molecular weight is 339 g/mol. The minimum atomic E-state index is -3.46. The Hall–Kier alpha value is -1.44. The van der Waals surface area contributed by atoms with Gasteiger partial charge >= 0.3 is 0 Å². The summed E-state index contributed by atoms with van der Waals surface area (Å²) in [7, 11) is -3.46. The van der Waals surface area contributed by atoms with E-state index >= 15 is 0 Å². The van der Waals surface area contributed by atoms with Crippen molar-refractivity contribution in [1.29, 1.82) is 0 Å². The number of rotatable bonds is 7. The summed E-state index contributed by atoms with van der Waals surface area (Å²) in [6, 6.07) is 6.49. The number of carbonyl (C=O) groups is 1. The number of nitrogens with one attached hydrogen (secondary N) is 3. The first-order valence-electron chi connectivity index (χ1n) is 7.98. The highest BCUT2D eigenvalue weighted by Gasteiger charge is 2.21. The number of amides is 1. The molecular weight excluding hydrogens is 314 g/mol. The third-order valence-corrected chi connectivity index (χ3v) is 5.20. The summed E-state index contributed by atoms with van der Waals surface area (Å²) >= 11 is 0. The standard InChI is InChI=1S/C16H25N3O3S/c1-12(2)10-19-23(21,22)14-7-5-13(6-8-14)11-18-16(20)15-4-3-9-17-15/h5-8,12,15,17,19H,3-4,9-11H2,1-2H3,(H,18,20). The summed E-state index contributed by atoms with van der Waals surface area (Å²) in [6.45, 7) is 5.60. The average Bonchev–Trinajstić information content (AvgIpc) is 3.06. The van der Waals surface area contributed by atoms with Crippen LogP contribution in [0.3, 0.4) is 0 Å². The highest BCUT2D eigenvalue weighted by molar-refractivity contribution is 7.89. The molecule has 128 valence electrons. The zero-order chi connectivity index (χ0) is 16.9. The Labute approximate surface area is 138 Å². The molecule has 0 bridgehead atoms. The second-order valence-corrected chi connectivity index (χ2v) is 8.02. The first-order valence-corrected chi connectivity index (χ1v) is 9.46. The second-order valence-electron chi connectivity index (χ2n) is 6.26. The molecule has 1 atom stereocenters. The minimum Gasteiger partial charge on any atom is -0.351 e. The van der Waals surface area contributed by atoms with Crippen molar-refractivity contribution in [2.75, 3.05) is 13.1 Å². The van der Waals surface area contributed by atoms with Crippen molar-refractivity contribution < 1.29 is 13.2 Å². The summed E-state index contributed by atoms with van der Waals surface area (Å²) in [5, 5.41) is 6.02. The zero-order valence-corrected chi connectivity index (χ0v) is 14.4. The van der Waals surface area contributed by atoms with Gasteiger partial charge in [0, 0.05) is 13.1 Å². The van der Waals surface area contributed by atoms with E-state index in [1.807, 2.05) is 13.8 Å². The van der Waals surface area contributed by atoms with Crippen LogP contribution in [0.5, 0.6) is 0 Å². The Balaban J connectivity index is 1.90. The highest BCUT2D eigenvalue weighted by Crippen LogP contribution is 2.11. The van der Waals surface area contributed by atoms with Crippen LogP contribution in [0.1, 0.15) is 32.3 Å². The van der Waals surface area contributed by atoms with Crippen LogP contribution >= 0.6 is 0 Å². The van der Waals surface area contributed by atoms with Crippen molar-refractivity contribution >= 4 is 15.9 Å². The molecule has 1 unspecified atom stereocenters. The van der Waals surface area contributed by atoms with Gasteiger partial charge in [0.2, 0.25) is 15.9 Å². The van der Waals surface area contributed by atoms with E-state index in [2.05, 4.69) is 15.4 Å². The van der Waals surface area contributed by atoms with Gasteiger partial charge in [-0.15, -0.1) is 0 Å². The maximum absolute atomic E-state index is 12.1. The van der Waals surface area contributed by atoms with Crippen LogP contribution in [0, 0.1) is 5.92 Å². The van der Waals surface area contributed by atoms with Crippen molar-refractivity contribution in [3.05, 3.63) is 29.8 Å². The van der Waals surface area contributed by atoms with Gasteiger partial charge in [0.1, 0.15) is 0 Å². The molecular formula is C16H25N3O3S. The molecule has 6 nitrogen and oxygen atoms in total. The molecule has 0 radical (unpaired) electrons. The van der Waals surface area contributed by atoms with E-state index in [-0.39, 0.29) is 22.8 Å². The topological polar surface area (TPSA) is 87.3 Å². The second kappa shape index (κ2) is 7.90. The minimum absolute atomic E-state index is 0.00204. The van der Waals surface area contributed by atoms with E-state index in [9.17, 15) is 13.2 Å². The molecule has 1 saturated heterocycles. The Morgan fingerprint density at radius 1 is 1.30 bits per heavy atom. The highest BCUT2D eigenvalue weighted by atomic mass is 32.2. The Morgan fingerprint density at radius 2 is 2.00 bits per heavy atom. The van der Waals surface area contributed by atoms with Crippen molar-refractivity contribution in [1.82, 2.24) is 15.4 Å². The molecule has 2 rings (SSSR count). The summed E-state index contributed by atoms with van der Waals surface area (Å²) in [5.41, 5.74) is 0.874. The number of hydrogen-bond donors (Lipinski definition) is 3. The van der Waals surface area contributed by atoms with E-state index < -0.39 is 10.0 Å². The van der Waals surface area contributed by atoms with E-state index in [0.29, 0.717) is 13.1 Å². The molecule has 1 heterocycles. The Morgan fingerprint density at radius 3 is 2.57 bits per heavy atom. The molecule has 1 aliphatic rings. The maximum Gasteiger partial charge on any atom is 0.240 e. The number of sulfonamides is 1. The largest absolute Gasteiger partial charge is 0.351 e. The van der Waals surface area contributed by atoms with Crippen LogP contribution < -0.4 is 15.4 Å². The Bertz CT molecular complexity index is 620.